The van der Waals surface area contributed by atoms with Crippen molar-refractivity contribution < 1.29 is 14.5 Å². The molecule has 0 aliphatic rings. The molecule has 8 nitrogen and oxygen atoms in total. The highest BCUT2D eigenvalue weighted by Gasteiger charge is 2.12. The third-order valence-electron chi connectivity index (χ3n) is 3.97. The van der Waals surface area contributed by atoms with Gasteiger partial charge in [-0.2, -0.15) is 0 Å². The van der Waals surface area contributed by atoms with E-state index < -0.39 is 4.92 Å². The van der Waals surface area contributed by atoms with Crippen LogP contribution in [0.5, 0.6) is 0 Å². The van der Waals surface area contributed by atoms with Crippen molar-refractivity contribution in [1.29, 1.82) is 0 Å². The molecule has 8 heteroatoms. The largest absolute Gasteiger partial charge is 0.379 e. The van der Waals surface area contributed by atoms with Crippen LogP contribution in [0.1, 0.15) is 31.7 Å². The van der Waals surface area contributed by atoms with Gasteiger partial charge in [-0.1, -0.05) is 31.2 Å². The minimum atomic E-state index is -0.462. The van der Waals surface area contributed by atoms with E-state index in [2.05, 4.69) is 16.0 Å². The quantitative estimate of drug-likeness (QED) is 0.429. The fraction of sp³-hybridized carbons (Fsp3) is 0.300. The predicted octanol–water partition coefficient (Wildman–Crippen LogP) is 3.45. The maximum Gasteiger partial charge on any atom is 0.292 e. The van der Waals surface area contributed by atoms with Crippen molar-refractivity contribution in [2.45, 2.75) is 32.7 Å². The van der Waals surface area contributed by atoms with Gasteiger partial charge in [-0.15, -0.1) is 0 Å². The summed E-state index contributed by atoms with van der Waals surface area (Å²) in [5.74, 6) is -0.180. The van der Waals surface area contributed by atoms with E-state index >= 15 is 0 Å². The lowest BCUT2D eigenvalue weighted by atomic mass is 10.2. The Labute approximate surface area is 163 Å². The van der Waals surface area contributed by atoms with Crippen molar-refractivity contribution in [2.24, 2.45) is 0 Å². The molecule has 0 fully saturated rings. The number of amides is 2. The van der Waals surface area contributed by atoms with Crippen LogP contribution in [0.4, 0.5) is 17.1 Å². The summed E-state index contributed by atoms with van der Waals surface area (Å²) in [5.41, 5.74) is 2.01. The summed E-state index contributed by atoms with van der Waals surface area (Å²) in [6, 6.07) is 13.6. The first-order valence-electron chi connectivity index (χ1n) is 9.12. The Morgan fingerprint density at radius 2 is 1.71 bits per heavy atom. The number of nitro groups is 1. The maximum atomic E-state index is 12.0. The second-order valence-electron chi connectivity index (χ2n) is 6.22. The fourth-order valence-corrected chi connectivity index (χ4v) is 2.54. The van der Waals surface area contributed by atoms with Crippen LogP contribution in [0.15, 0.2) is 48.5 Å². The van der Waals surface area contributed by atoms with Gasteiger partial charge in [0.25, 0.3) is 5.69 Å². The molecule has 2 aromatic rings. The summed E-state index contributed by atoms with van der Waals surface area (Å²) in [6.07, 6.45) is 1.47. The molecule has 2 rings (SSSR count). The van der Waals surface area contributed by atoms with Gasteiger partial charge < -0.3 is 16.0 Å². The number of benzene rings is 2. The van der Waals surface area contributed by atoms with Crippen molar-refractivity contribution >= 4 is 28.9 Å². The summed E-state index contributed by atoms with van der Waals surface area (Å²) in [7, 11) is 0. The van der Waals surface area contributed by atoms with Crippen molar-refractivity contribution in [1.82, 2.24) is 5.32 Å². The molecule has 148 valence electrons. The number of hydrogen-bond donors (Lipinski definition) is 3. The SMILES string of the molecule is CCCC(=O)Nc1ccc(CNC(=O)CCNc2ccccc2[N+](=O)[O-])cc1. The molecule has 0 radical (unpaired) electrons. The molecule has 0 spiro atoms. The van der Waals surface area contributed by atoms with Crippen LogP contribution < -0.4 is 16.0 Å². The van der Waals surface area contributed by atoms with Crippen LogP contribution in [0.2, 0.25) is 0 Å². The Hall–Kier alpha value is -3.42. The molecular formula is C20H24N4O4. The van der Waals surface area contributed by atoms with E-state index in [0.29, 0.717) is 25.2 Å². The first-order chi connectivity index (χ1) is 13.5. The van der Waals surface area contributed by atoms with Crippen LogP contribution in [-0.4, -0.2) is 23.3 Å². The summed E-state index contributed by atoms with van der Waals surface area (Å²) in [5, 5.41) is 19.5. The Balaban J connectivity index is 1.74. The number of nitrogens with zero attached hydrogens (tertiary/aromatic N) is 1. The first-order valence-corrected chi connectivity index (χ1v) is 9.12. The van der Waals surface area contributed by atoms with Crippen molar-refractivity contribution in [2.75, 3.05) is 17.2 Å². The monoisotopic (exact) mass is 384 g/mol. The molecule has 0 heterocycles. The van der Waals surface area contributed by atoms with Crippen LogP contribution in [0.3, 0.4) is 0 Å². The average molecular weight is 384 g/mol. The summed E-state index contributed by atoms with van der Waals surface area (Å²) < 4.78 is 0. The third-order valence-corrected chi connectivity index (χ3v) is 3.97. The standard InChI is InChI=1S/C20H24N4O4/c1-2-5-20(26)23-16-10-8-15(9-11-16)14-22-19(25)12-13-21-17-6-3-4-7-18(17)24(27)28/h3-4,6-11,21H,2,5,12-14H2,1H3,(H,22,25)(H,23,26). The number of nitro benzene ring substituents is 1. The molecule has 0 aliphatic heterocycles. The Morgan fingerprint density at radius 1 is 1.00 bits per heavy atom. The van der Waals surface area contributed by atoms with Crippen molar-refractivity contribution in [3.8, 4) is 0 Å². The summed E-state index contributed by atoms with van der Waals surface area (Å²) in [6.45, 7) is 2.61. The van der Waals surface area contributed by atoms with Gasteiger partial charge in [0, 0.05) is 37.7 Å². The molecule has 0 saturated carbocycles. The summed E-state index contributed by atoms with van der Waals surface area (Å²) in [4.78, 5) is 34.0. The van der Waals surface area contributed by atoms with Gasteiger partial charge in [-0.3, -0.25) is 19.7 Å². The molecule has 0 aliphatic carbocycles. The zero-order valence-electron chi connectivity index (χ0n) is 15.7. The minimum Gasteiger partial charge on any atom is -0.379 e. The van der Waals surface area contributed by atoms with Gasteiger partial charge in [0.05, 0.1) is 4.92 Å². The fourth-order valence-electron chi connectivity index (χ4n) is 2.54. The highest BCUT2D eigenvalue weighted by atomic mass is 16.6. The van der Waals surface area contributed by atoms with Gasteiger partial charge in [-0.05, 0) is 30.2 Å². The summed E-state index contributed by atoms with van der Waals surface area (Å²) >= 11 is 0. The van der Waals surface area contributed by atoms with E-state index in [-0.39, 0.29) is 23.9 Å². The van der Waals surface area contributed by atoms with E-state index in [0.717, 1.165) is 17.7 Å². The number of anilines is 2. The number of nitrogens with one attached hydrogen (secondary N) is 3. The molecule has 28 heavy (non-hydrogen) atoms. The average Bonchev–Trinajstić information content (AvgIpc) is 2.68. The molecule has 2 aromatic carbocycles. The van der Waals surface area contributed by atoms with E-state index in [1.807, 2.05) is 19.1 Å². The number of carbonyl (C=O) groups is 2. The van der Waals surface area contributed by atoms with Gasteiger partial charge in [0.15, 0.2) is 0 Å². The van der Waals surface area contributed by atoms with E-state index in [9.17, 15) is 19.7 Å². The van der Waals surface area contributed by atoms with Crippen LogP contribution in [0.25, 0.3) is 0 Å². The Bertz CT molecular complexity index is 821. The van der Waals surface area contributed by atoms with Gasteiger partial charge in [0.1, 0.15) is 5.69 Å². The third kappa shape index (κ3) is 6.71. The molecular weight excluding hydrogens is 360 g/mol. The topological polar surface area (TPSA) is 113 Å². The van der Waals surface area contributed by atoms with E-state index in [1.165, 1.54) is 6.07 Å². The first kappa shape index (κ1) is 20.9. The second-order valence-corrected chi connectivity index (χ2v) is 6.22. The van der Waals surface area contributed by atoms with Gasteiger partial charge >= 0.3 is 0 Å². The Morgan fingerprint density at radius 3 is 2.39 bits per heavy atom. The normalized spacial score (nSPS) is 10.2. The van der Waals surface area contributed by atoms with Crippen LogP contribution >= 0.6 is 0 Å². The molecule has 0 bridgehead atoms. The van der Waals surface area contributed by atoms with Gasteiger partial charge in [-0.25, -0.2) is 0 Å². The predicted molar refractivity (Wildman–Crippen MR) is 108 cm³/mol. The molecule has 2 amide bonds. The smallest absolute Gasteiger partial charge is 0.292 e. The van der Waals surface area contributed by atoms with Crippen molar-refractivity contribution in [3.05, 3.63) is 64.2 Å². The van der Waals surface area contributed by atoms with E-state index in [1.54, 1.807) is 30.3 Å². The van der Waals surface area contributed by atoms with Crippen molar-refractivity contribution in [3.63, 3.8) is 0 Å². The zero-order valence-corrected chi connectivity index (χ0v) is 15.7. The van der Waals surface area contributed by atoms with Crippen LogP contribution in [-0.2, 0) is 16.1 Å². The number of hydrogen-bond acceptors (Lipinski definition) is 5. The lowest BCUT2D eigenvalue weighted by Gasteiger charge is -2.09. The highest BCUT2D eigenvalue weighted by Crippen LogP contribution is 2.22. The number of rotatable bonds is 10. The van der Waals surface area contributed by atoms with Gasteiger partial charge in [0.2, 0.25) is 11.8 Å². The Kier molecular flexibility index (Phi) is 7.95. The molecule has 0 aromatic heterocycles. The molecule has 3 N–H and O–H groups in total. The second kappa shape index (κ2) is 10.7. The lowest BCUT2D eigenvalue weighted by Crippen LogP contribution is -2.25. The number of para-hydroxylation sites is 2. The van der Waals surface area contributed by atoms with E-state index in [4.69, 9.17) is 0 Å². The minimum absolute atomic E-state index is 0.0188. The highest BCUT2D eigenvalue weighted by molar-refractivity contribution is 5.90. The number of carbonyl (C=O) groups excluding carboxylic acids is 2. The molecule has 0 saturated heterocycles. The molecule has 0 atom stereocenters. The van der Waals surface area contributed by atoms with Crippen LogP contribution in [0, 0.1) is 10.1 Å². The zero-order chi connectivity index (χ0) is 20.4. The molecule has 0 unspecified atom stereocenters. The maximum absolute atomic E-state index is 12.0. The lowest BCUT2D eigenvalue weighted by molar-refractivity contribution is -0.384.